The van der Waals surface area contributed by atoms with E-state index in [0.29, 0.717) is 0 Å². The first kappa shape index (κ1) is 50.6. The summed E-state index contributed by atoms with van der Waals surface area (Å²) in [6.45, 7) is 12.6. The lowest BCUT2D eigenvalue weighted by molar-refractivity contribution is -0.154. The monoisotopic (exact) mass is 930 g/mol. The van der Waals surface area contributed by atoms with Crippen LogP contribution < -0.4 is 42.5 Å². The molecule has 65 heavy (non-hydrogen) atoms. The van der Waals surface area contributed by atoms with E-state index < -0.39 is 80.2 Å². The predicted octanol–water partition coefficient (Wildman–Crippen LogP) is 2.07. The molecule has 2 saturated heterocycles. The molecule has 0 spiro atoms. The number of carbonyl (C=O) groups is 7. The van der Waals surface area contributed by atoms with E-state index in [1.165, 1.54) is 23.5 Å². The second-order valence-corrected chi connectivity index (χ2v) is 21.6. The maximum absolute atomic E-state index is 13.7. The Hall–Kier alpha value is -5.43. The van der Waals surface area contributed by atoms with Crippen molar-refractivity contribution >= 4 is 64.9 Å². The van der Waals surface area contributed by atoms with Crippen LogP contribution in [0.15, 0.2) is 91.0 Å². The summed E-state index contributed by atoms with van der Waals surface area (Å²) in [7, 11) is 0. The Kier molecular flexibility index (Phi) is 17.6. The molecule has 0 saturated carbocycles. The van der Waals surface area contributed by atoms with Crippen LogP contribution in [-0.4, -0.2) is 111 Å². The van der Waals surface area contributed by atoms with Crippen molar-refractivity contribution < 1.29 is 38.3 Å². The Labute approximate surface area is 389 Å². The summed E-state index contributed by atoms with van der Waals surface area (Å²) < 4.78 is 3.88. The Morgan fingerprint density at radius 1 is 0.585 bits per heavy atom. The smallest absolute Gasteiger partial charge is 0.325 e. The Balaban J connectivity index is 1.17. The van der Waals surface area contributed by atoms with Gasteiger partial charge in [-0.1, -0.05) is 91.0 Å². The van der Waals surface area contributed by atoms with Crippen molar-refractivity contribution in [3.63, 3.8) is 0 Å². The highest BCUT2D eigenvalue weighted by molar-refractivity contribution is 8.01. The SMILES string of the molecule is CC(C)(C)OC(=O)CNC(=O)[C@@H](NC(=O)Cc1ccccc1)[C@@H]1N[C@@H](C(=O)NCCNC(=O)[C@@H]2N[C@@H]([C@H](NC(=O)Cc3ccccc3)C(=O)NCc3ccccc3)SC2(C)C)C(C)(C)S1. The molecule has 5 rings (SSSR count). The topological polar surface area (TPSA) is 225 Å². The number of carbonyl (C=O) groups excluding carboxylic acids is 7. The minimum absolute atomic E-state index is 0.00991. The molecule has 2 fully saturated rings. The zero-order valence-corrected chi connectivity index (χ0v) is 39.6. The van der Waals surface area contributed by atoms with Gasteiger partial charge in [0.2, 0.25) is 35.4 Å². The molecule has 6 atom stereocenters. The van der Waals surface area contributed by atoms with Crippen LogP contribution in [0.3, 0.4) is 0 Å². The molecule has 8 N–H and O–H groups in total. The number of hydrogen-bond donors (Lipinski definition) is 8. The highest BCUT2D eigenvalue weighted by Gasteiger charge is 2.50. The lowest BCUT2D eigenvalue weighted by Crippen LogP contribution is -2.59. The third-order valence-corrected chi connectivity index (χ3v) is 13.5. The lowest BCUT2D eigenvalue weighted by atomic mass is 10.0. The first-order chi connectivity index (χ1) is 30.7. The van der Waals surface area contributed by atoms with Crippen molar-refractivity contribution in [2.45, 2.75) is 118 Å². The molecule has 18 heteroatoms. The van der Waals surface area contributed by atoms with Crippen molar-refractivity contribution in [3.8, 4) is 0 Å². The quantitative estimate of drug-likeness (QED) is 0.0640. The van der Waals surface area contributed by atoms with Crippen LogP contribution in [0.4, 0.5) is 0 Å². The molecular weight excluding hydrogens is 869 g/mol. The molecule has 0 bridgehead atoms. The van der Waals surface area contributed by atoms with E-state index in [4.69, 9.17) is 4.74 Å². The van der Waals surface area contributed by atoms with Gasteiger partial charge in [0, 0.05) is 29.1 Å². The van der Waals surface area contributed by atoms with Crippen LogP contribution in [0.25, 0.3) is 0 Å². The maximum Gasteiger partial charge on any atom is 0.325 e. The summed E-state index contributed by atoms with van der Waals surface area (Å²) in [5.41, 5.74) is 1.67. The third kappa shape index (κ3) is 15.3. The van der Waals surface area contributed by atoms with E-state index in [9.17, 15) is 33.6 Å². The predicted molar refractivity (Wildman–Crippen MR) is 252 cm³/mol. The Bertz CT molecular complexity index is 2140. The van der Waals surface area contributed by atoms with Gasteiger partial charge in [0.25, 0.3) is 0 Å². The van der Waals surface area contributed by atoms with Crippen molar-refractivity contribution in [2.24, 2.45) is 0 Å². The summed E-state index contributed by atoms with van der Waals surface area (Å²) in [6.07, 6.45) is 0.0830. The van der Waals surface area contributed by atoms with Gasteiger partial charge in [-0.25, -0.2) is 0 Å². The van der Waals surface area contributed by atoms with Crippen molar-refractivity contribution in [1.29, 1.82) is 0 Å². The summed E-state index contributed by atoms with van der Waals surface area (Å²) in [5, 5.41) is 22.1. The van der Waals surface area contributed by atoms with Crippen molar-refractivity contribution in [1.82, 2.24) is 42.5 Å². The minimum Gasteiger partial charge on any atom is -0.459 e. The first-order valence-electron chi connectivity index (χ1n) is 21.6. The second kappa shape index (κ2) is 22.7. The number of hydrogen-bond acceptors (Lipinski definition) is 12. The lowest BCUT2D eigenvalue weighted by Gasteiger charge is -2.25. The normalized spacial score (nSPS) is 20.6. The molecule has 16 nitrogen and oxygen atoms in total. The van der Waals surface area contributed by atoms with Gasteiger partial charge in [-0.2, -0.15) is 0 Å². The van der Waals surface area contributed by atoms with Gasteiger partial charge in [-0.3, -0.25) is 44.2 Å². The highest BCUT2D eigenvalue weighted by Crippen LogP contribution is 2.40. The largest absolute Gasteiger partial charge is 0.459 e. The zero-order valence-electron chi connectivity index (χ0n) is 37.9. The average Bonchev–Trinajstić information content (AvgIpc) is 3.75. The van der Waals surface area contributed by atoms with Gasteiger partial charge < -0.3 is 36.6 Å². The molecule has 350 valence electrons. The number of benzene rings is 3. The van der Waals surface area contributed by atoms with Crippen LogP contribution in [0.2, 0.25) is 0 Å². The zero-order chi connectivity index (χ0) is 47.4. The van der Waals surface area contributed by atoms with Crippen LogP contribution >= 0.6 is 23.5 Å². The van der Waals surface area contributed by atoms with E-state index in [1.54, 1.807) is 32.9 Å². The van der Waals surface area contributed by atoms with Gasteiger partial charge in [-0.15, -0.1) is 23.5 Å². The molecular formula is C47H62N8O8S2. The molecule has 2 aliphatic heterocycles. The van der Waals surface area contributed by atoms with Gasteiger partial charge in [0.15, 0.2) is 0 Å². The molecule has 3 aromatic rings. The van der Waals surface area contributed by atoms with Gasteiger partial charge in [0.05, 0.1) is 23.6 Å². The summed E-state index contributed by atoms with van der Waals surface area (Å²) in [4.78, 5) is 93.7. The van der Waals surface area contributed by atoms with Gasteiger partial charge >= 0.3 is 5.97 Å². The van der Waals surface area contributed by atoms with Crippen molar-refractivity contribution in [3.05, 3.63) is 108 Å². The number of amides is 6. The fourth-order valence-corrected chi connectivity index (χ4v) is 10.4. The summed E-state index contributed by atoms with van der Waals surface area (Å²) >= 11 is 2.69. The molecule has 3 aromatic carbocycles. The molecule has 0 radical (unpaired) electrons. The summed E-state index contributed by atoms with van der Waals surface area (Å²) in [6, 6.07) is 23.9. The molecule has 2 aliphatic rings. The summed E-state index contributed by atoms with van der Waals surface area (Å²) in [5.74, 6) is -3.15. The van der Waals surface area contributed by atoms with Crippen LogP contribution in [0.1, 0.15) is 65.2 Å². The van der Waals surface area contributed by atoms with Crippen LogP contribution in [0.5, 0.6) is 0 Å². The van der Waals surface area contributed by atoms with E-state index >= 15 is 0 Å². The number of thioether (sulfide) groups is 2. The van der Waals surface area contributed by atoms with Gasteiger partial charge in [-0.05, 0) is 65.2 Å². The number of esters is 1. The fourth-order valence-electron chi connectivity index (χ4n) is 7.39. The number of ether oxygens (including phenoxy) is 1. The van der Waals surface area contributed by atoms with E-state index in [0.717, 1.165) is 16.7 Å². The Morgan fingerprint density at radius 2 is 0.969 bits per heavy atom. The fraction of sp³-hybridized carbons (Fsp3) is 0.468. The van der Waals surface area contributed by atoms with Crippen LogP contribution in [-0.2, 0) is 57.7 Å². The molecule has 2 heterocycles. The van der Waals surface area contributed by atoms with E-state index in [2.05, 4.69) is 42.5 Å². The average molecular weight is 931 g/mol. The maximum atomic E-state index is 13.7. The van der Waals surface area contributed by atoms with Crippen LogP contribution in [0, 0.1) is 0 Å². The van der Waals surface area contributed by atoms with E-state index in [-0.39, 0.29) is 50.2 Å². The third-order valence-electron chi connectivity index (χ3n) is 10.5. The molecule has 0 aromatic heterocycles. The second-order valence-electron chi connectivity index (χ2n) is 18.0. The number of nitrogens with one attached hydrogen (secondary N) is 8. The van der Waals surface area contributed by atoms with E-state index in [1.807, 2.05) is 107 Å². The Morgan fingerprint density at radius 3 is 1.37 bits per heavy atom. The molecule has 6 amide bonds. The highest BCUT2D eigenvalue weighted by atomic mass is 32.2. The number of rotatable bonds is 19. The van der Waals surface area contributed by atoms with Crippen molar-refractivity contribution in [2.75, 3.05) is 19.6 Å². The minimum atomic E-state index is -1.16. The molecule has 0 aliphatic carbocycles. The first-order valence-corrected chi connectivity index (χ1v) is 23.4. The molecule has 0 unspecified atom stereocenters. The van der Waals surface area contributed by atoms with Gasteiger partial charge in [0.1, 0.15) is 36.3 Å². The standard InChI is InChI=1S/C47H62N8O8S2/c1-45(2,3)63-34(58)28-51-40(60)36(53-33(57)26-30-19-13-9-14-20-30)44-55-38(47(6,7)65-44)42(62)49-24-23-48-41(61)37-46(4,5)64-43(54-37)35(39(59)50-27-31-21-15-10-16-22-31)52-32(56)25-29-17-11-8-12-18-29/h8-22,35-38,43-44,54-55H,23-28H2,1-7H3,(H,48,61)(H,49,62)(H,50,59)(H,51,60)(H,52,56)(H,53,57)/t35-,36-,37+,38+,43-,44-/m1/s1.